The van der Waals surface area contributed by atoms with Crippen LogP contribution in [0.4, 0.5) is 0 Å². The maximum atomic E-state index is 12.7. The number of fused-ring (bicyclic) bond motifs is 3. The number of aromatic nitrogens is 1. The van der Waals surface area contributed by atoms with Crippen molar-refractivity contribution < 1.29 is 9.59 Å². The van der Waals surface area contributed by atoms with Crippen LogP contribution in [-0.4, -0.2) is 46.2 Å². The summed E-state index contributed by atoms with van der Waals surface area (Å²) in [4.78, 5) is 32.5. The van der Waals surface area contributed by atoms with Crippen LogP contribution in [0.3, 0.4) is 0 Å². The quantitative estimate of drug-likeness (QED) is 0.640. The average Bonchev–Trinajstić information content (AvgIpc) is 3.07. The topological polar surface area (TPSA) is 56.4 Å². The molecule has 2 aromatic rings. The first-order valence-electron chi connectivity index (χ1n) is 10.4. The lowest BCUT2D eigenvalue weighted by molar-refractivity contribution is -0.133. The number of hydrogen-bond acceptors (Lipinski definition) is 2. The maximum absolute atomic E-state index is 12.7. The van der Waals surface area contributed by atoms with Crippen LogP contribution in [-0.2, 0) is 22.6 Å². The summed E-state index contributed by atoms with van der Waals surface area (Å²) in [6.45, 7) is 7.19. The predicted octanol–water partition coefficient (Wildman–Crippen LogP) is 4.63. The standard InChI is InChI=1S/C22H30BrN3O2/c1-3-12-25(13-4-2)20(27)9-6-10-21(28)26-14-11-19-17(15-26)16-7-5-8-18(23)22(16)24-19/h5,7-8,24H,3-4,6,9-15H2,1-2H3. The van der Waals surface area contributed by atoms with Gasteiger partial charge in [0.15, 0.2) is 0 Å². The molecule has 2 amide bonds. The molecule has 0 aliphatic carbocycles. The molecule has 0 fully saturated rings. The zero-order valence-corrected chi connectivity index (χ0v) is 18.5. The number of halogens is 1. The van der Waals surface area contributed by atoms with Gasteiger partial charge in [-0.1, -0.05) is 26.0 Å². The van der Waals surface area contributed by atoms with E-state index in [0.717, 1.165) is 48.9 Å². The van der Waals surface area contributed by atoms with E-state index in [0.29, 0.717) is 25.8 Å². The monoisotopic (exact) mass is 447 g/mol. The molecule has 0 bridgehead atoms. The SMILES string of the molecule is CCCN(CCC)C(=O)CCCC(=O)N1CCc2[nH]c3c(Br)cccc3c2C1. The van der Waals surface area contributed by atoms with Gasteiger partial charge in [0.05, 0.1) is 5.52 Å². The first kappa shape index (κ1) is 20.9. The van der Waals surface area contributed by atoms with Crippen molar-refractivity contribution in [2.24, 2.45) is 0 Å². The van der Waals surface area contributed by atoms with E-state index >= 15 is 0 Å². The number of nitrogens with one attached hydrogen (secondary N) is 1. The van der Waals surface area contributed by atoms with Crippen molar-refractivity contribution in [1.29, 1.82) is 0 Å². The van der Waals surface area contributed by atoms with Gasteiger partial charge in [-0.3, -0.25) is 9.59 Å². The Hall–Kier alpha value is -1.82. The van der Waals surface area contributed by atoms with Gasteiger partial charge in [0.25, 0.3) is 0 Å². The number of carbonyl (C=O) groups is 2. The second-order valence-electron chi connectivity index (χ2n) is 7.54. The van der Waals surface area contributed by atoms with Crippen LogP contribution in [0.15, 0.2) is 22.7 Å². The minimum atomic E-state index is 0.153. The molecule has 1 aromatic carbocycles. The number of para-hydroxylation sites is 1. The summed E-state index contributed by atoms with van der Waals surface area (Å²) in [5.74, 6) is 0.333. The molecular weight excluding hydrogens is 418 g/mol. The Morgan fingerprint density at radius 1 is 1.18 bits per heavy atom. The Labute approximate surface area is 175 Å². The summed E-state index contributed by atoms with van der Waals surface area (Å²) in [6, 6.07) is 6.17. The lowest BCUT2D eigenvalue weighted by Crippen LogP contribution is -2.36. The minimum Gasteiger partial charge on any atom is -0.357 e. The van der Waals surface area contributed by atoms with Crippen LogP contribution in [0.2, 0.25) is 0 Å². The number of benzene rings is 1. The maximum Gasteiger partial charge on any atom is 0.222 e. The fraction of sp³-hybridized carbons (Fsp3) is 0.545. The third-order valence-electron chi connectivity index (χ3n) is 5.43. The molecule has 0 spiro atoms. The van der Waals surface area contributed by atoms with Crippen molar-refractivity contribution in [3.05, 3.63) is 33.9 Å². The number of aromatic amines is 1. The lowest BCUT2D eigenvalue weighted by Gasteiger charge is -2.27. The van der Waals surface area contributed by atoms with E-state index in [1.54, 1.807) is 0 Å². The van der Waals surface area contributed by atoms with Crippen LogP contribution >= 0.6 is 15.9 Å². The normalized spacial score (nSPS) is 13.6. The number of carbonyl (C=O) groups excluding carboxylic acids is 2. The van der Waals surface area contributed by atoms with Gasteiger partial charge in [-0.25, -0.2) is 0 Å². The molecule has 0 unspecified atom stereocenters. The molecule has 0 saturated heterocycles. The van der Waals surface area contributed by atoms with Gasteiger partial charge in [-0.15, -0.1) is 0 Å². The van der Waals surface area contributed by atoms with Crippen molar-refractivity contribution in [1.82, 2.24) is 14.8 Å². The summed E-state index contributed by atoms with van der Waals surface area (Å²) in [7, 11) is 0. The fourth-order valence-corrected chi connectivity index (χ4v) is 4.49. The molecule has 5 nitrogen and oxygen atoms in total. The number of rotatable bonds is 8. The first-order chi connectivity index (χ1) is 13.5. The van der Waals surface area contributed by atoms with Gasteiger partial charge in [0.2, 0.25) is 11.8 Å². The molecule has 1 aliphatic heterocycles. The molecule has 0 atom stereocenters. The molecule has 28 heavy (non-hydrogen) atoms. The average molecular weight is 448 g/mol. The van der Waals surface area contributed by atoms with Gasteiger partial charge in [-0.2, -0.15) is 0 Å². The molecule has 1 aromatic heterocycles. The van der Waals surface area contributed by atoms with Gasteiger partial charge in [0.1, 0.15) is 0 Å². The highest BCUT2D eigenvalue weighted by Crippen LogP contribution is 2.32. The summed E-state index contributed by atoms with van der Waals surface area (Å²) >= 11 is 3.60. The third-order valence-corrected chi connectivity index (χ3v) is 6.09. The Kier molecular flexibility index (Phi) is 7.16. The van der Waals surface area contributed by atoms with Crippen molar-refractivity contribution in [3.63, 3.8) is 0 Å². The third kappa shape index (κ3) is 4.59. The summed E-state index contributed by atoms with van der Waals surface area (Å²) in [6.07, 6.45) is 4.33. The van der Waals surface area contributed by atoms with Gasteiger partial charge in [-0.05, 0) is 41.3 Å². The largest absolute Gasteiger partial charge is 0.357 e. The van der Waals surface area contributed by atoms with Gasteiger partial charge < -0.3 is 14.8 Å². The second-order valence-corrected chi connectivity index (χ2v) is 8.40. The highest BCUT2D eigenvalue weighted by molar-refractivity contribution is 9.10. The lowest BCUT2D eigenvalue weighted by atomic mass is 10.0. The Morgan fingerprint density at radius 2 is 1.93 bits per heavy atom. The van der Waals surface area contributed by atoms with Crippen LogP contribution in [0.5, 0.6) is 0 Å². The summed E-state index contributed by atoms with van der Waals surface area (Å²) < 4.78 is 1.06. The molecule has 0 radical (unpaired) electrons. The Balaban J connectivity index is 1.56. The number of H-pyrrole nitrogens is 1. The number of nitrogens with zero attached hydrogens (tertiary/aromatic N) is 2. The van der Waals surface area contributed by atoms with Gasteiger partial charge >= 0.3 is 0 Å². The van der Waals surface area contributed by atoms with E-state index in [1.807, 2.05) is 21.9 Å². The number of hydrogen-bond donors (Lipinski definition) is 1. The zero-order valence-electron chi connectivity index (χ0n) is 16.9. The smallest absolute Gasteiger partial charge is 0.222 e. The minimum absolute atomic E-state index is 0.153. The van der Waals surface area contributed by atoms with Crippen molar-refractivity contribution in [2.75, 3.05) is 19.6 Å². The van der Waals surface area contributed by atoms with E-state index in [1.165, 1.54) is 16.6 Å². The predicted molar refractivity (Wildman–Crippen MR) is 116 cm³/mol. The Bertz CT molecular complexity index is 840. The molecule has 152 valence electrons. The molecule has 1 aliphatic rings. The van der Waals surface area contributed by atoms with E-state index < -0.39 is 0 Å². The molecule has 1 N–H and O–H groups in total. The molecular formula is C22H30BrN3O2. The van der Waals surface area contributed by atoms with Gasteiger partial charge in [0, 0.05) is 66.6 Å². The van der Waals surface area contributed by atoms with Crippen molar-refractivity contribution in [3.8, 4) is 0 Å². The highest BCUT2D eigenvalue weighted by atomic mass is 79.9. The number of amides is 2. The van der Waals surface area contributed by atoms with E-state index in [9.17, 15) is 9.59 Å². The molecule has 6 heteroatoms. The first-order valence-corrected chi connectivity index (χ1v) is 11.2. The summed E-state index contributed by atoms with van der Waals surface area (Å²) in [5.41, 5.74) is 3.57. The van der Waals surface area contributed by atoms with Crippen molar-refractivity contribution >= 4 is 38.6 Å². The van der Waals surface area contributed by atoms with E-state index in [4.69, 9.17) is 0 Å². The second kappa shape index (κ2) is 9.59. The van der Waals surface area contributed by atoms with Crippen LogP contribution in [0.1, 0.15) is 57.2 Å². The fourth-order valence-electron chi connectivity index (χ4n) is 4.02. The molecule has 3 rings (SSSR count). The Morgan fingerprint density at radius 3 is 2.64 bits per heavy atom. The highest BCUT2D eigenvalue weighted by Gasteiger charge is 2.24. The molecule has 0 saturated carbocycles. The van der Waals surface area contributed by atoms with Crippen LogP contribution in [0.25, 0.3) is 10.9 Å². The van der Waals surface area contributed by atoms with Crippen molar-refractivity contribution in [2.45, 2.75) is 58.9 Å². The molecule has 2 heterocycles. The van der Waals surface area contributed by atoms with Crippen LogP contribution < -0.4 is 0 Å². The van der Waals surface area contributed by atoms with E-state index in [2.05, 4.69) is 40.8 Å². The summed E-state index contributed by atoms with van der Waals surface area (Å²) in [5, 5.41) is 1.19. The zero-order chi connectivity index (χ0) is 20.1. The van der Waals surface area contributed by atoms with Crippen LogP contribution in [0, 0.1) is 0 Å². The van der Waals surface area contributed by atoms with E-state index in [-0.39, 0.29) is 11.8 Å².